The van der Waals surface area contributed by atoms with E-state index in [2.05, 4.69) is 8.92 Å². The second-order valence-electron chi connectivity index (χ2n) is 2.79. The molecule has 6 nitrogen and oxygen atoms in total. The predicted molar refractivity (Wildman–Crippen MR) is 55.2 cm³/mol. The smallest absolute Gasteiger partial charge is 0.306 e. The first-order chi connectivity index (χ1) is 7.48. The molecule has 0 atom stereocenters. The van der Waals surface area contributed by atoms with E-state index >= 15 is 0 Å². The van der Waals surface area contributed by atoms with Gasteiger partial charge in [-0.15, -0.1) is 0 Å². The van der Waals surface area contributed by atoms with Gasteiger partial charge in [-0.25, -0.2) is 0 Å². The number of carbonyl (C=O) groups is 1. The summed E-state index contributed by atoms with van der Waals surface area (Å²) in [6.45, 7) is 0.171. The average molecular weight is 246 g/mol. The summed E-state index contributed by atoms with van der Waals surface area (Å²) in [7, 11) is -2.38. The van der Waals surface area contributed by atoms with Gasteiger partial charge in [-0.05, 0) is 12.1 Å². The lowest BCUT2D eigenvalue weighted by Gasteiger charge is -2.11. The van der Waals surface area contributed by atoms with Gasteiger partial charge in [-0.1, -0.05) is 6.07 Å². The lowest BCUT2D eigenvalue weighted by atomic mass is 10.3. The van der Waals surface area contributed by atoms with E-state index in [-0.39, 0.29) is 23.7 Å². The summed E-state index contributed by atoms with van der Waals surface area (Å²) in [5, 5.41) is 0. The number of para-hydroxylation sites is 1. The molecule has 0 saturated carbocycles. The van der Waals surface area contributed by atoms with E-state index in [0.717, 1.165) is 6.26 Å². The normalized spacial score (nSPS) is 10.6. The zero-order valence-corrected chi connectivity index (χ0v) is 9.48. The Bertz CT molecular complexity index is 479. The van der Waals surface area contributed by atoms with Crippen LogP contribution < -0.4 is 13.7 Å². The first-order valence-electron chi connectivity index (χ1n) is 4.14. The van der Waals surface area contributed by atoms with Gasteiger partial charge in [0.2, 0.25) is 5.75 Å². The minimum atomic E-state index is -3.73. The molecule has 88 valence electrons. The molecule has 1 aromatic carbocycles. The third kappa shape index (κ3) is 3.13. The van der Waals surface area contributed by atoms with E-state index in [1.807, 2.05) is 0 Å². The largest absolute Gasteiger partial charge is 0.493 e. The second-order valence-corrected chi connectivity index (χ2v) is 4.36. The van der Waals surface area contributed by atoms with Crippen LogP contribution in [-0.2, 0) is 14.9 Å². The summed E-state index contributed by atoms with van der Waals surface area (Å²) in [6.07, 6.45) is 0.879. The Morgan fingerprint density at radius 3 is 2.38 bits per heavy atom. The fourth-order valence-corrected chi connectivity index (χ4v) is 1.50. The summed E-state index contributed by atoms with van der Waals surface area (Å²) in [5.74, 6) is -0.0239. The Balaban J connectivity index is 3.24. The van der Waals surface area contributed by atoms with Crippen molar-refractivity contribution >= 4 is 16.6 Å². The van der Waals surface area contributed by atoms with Gasteiger partial charge >= 0.3 is 10.1 Å². The van der Waals surface area contributed by atoms with Crippen molar-refractivity contribution < 1.29 is 26.9 Å². The molecule has 0 saturated heterocycles. The summed E-state index contributed by atoms with van der Waals surface area (Å²) >= 11 is 0. The van der Waals surface area contributed by atoms with Crippen molar-refractivity contribution in [3.05, 3.63) is 18.2 Å². The van der Waals surface area contributed by atoms with E-state index < -0.39 is 10.1 Å². The van der Waals surface area contributed by atoms with Gasteiger partial charge in [-0.3, -0.25) is 4.79 Å². The highest BCUT2D eigenvalue weighted by Gasteiger charge is 2.16. The van der Waals surface area contributed by atoms with Crippen LogP contribution >= 0.6 is 0 Å². The Kier molecular flexibility index (Phi) is 3.73. The average Bonchev–Trinajstić information content (AvgIpc) is 2.19. The van der Waals surface area contributed by atoms with Crippen molar-refractivity contribution in [3.8, 4) is 17.2 Å². The first-order valence-corrected chi connectivity index (χ1v) is 5.96. The molecule has 0 spiro atoms. The Hall–Kier alpha value is -1.76. The van der Waals surface area contributed by atoms with Crippen molar-refractivity contribution in [2.24, 2.45) is 0 Å². The number of hydrogen-bond donors (Lipinski definition) is 0. The van der Waals surface area contributed by atoms with Gasteiger partial charge in [0.15, 0.2) is 11.5 Å². The highest BCUT2D eigenvalue weighted by atomic mass is 32.2. The molecule has 0 radical (unpaired) electrons. The fourth-order valence-electron chi connectivity index (χ4n) is 1.03. The lowest BCUT2D eigenvalue weighted by Crippen LogP contribution is -2.08. The molecule has 0 bridgehead atoms. The molecule has 0 aliphatic rings. The number of hydrogen-bond acceptors (Lipinski definition) is 6. The first kappa shape index (κ1) is 12.3. The van der Waals surface area contributed by atoms with Crippen LogP contribution in [0.15, 0.2) is 18.2 Å². The van der Waals surface area contributed by atoms with E-state index in [1.165, 1.54) is 25.3 Å². The van der Waals surface area contributed by atoms with Crippen molar-refractivity contribution in [2.75, 3.05) is 13.4 Å². The summed E-state index contributed by atoms with van der Waals surface area (Å²) in [5.41, 5.74) is 0. The molecular formula is C9H10O6S. The third-order valence-electron chi connectivity index (χ3n) is 1.57. The number of carbonyl (C=O) groups excluding carboxylic acids is 1. The molecule has 1 aromatic rings. The number of ether oxygens (including phenoxy) is 2. The number of benzene rings is 1. The molecule has 1 rings (SSSR count). The Labute approximate surface area is 92.9 Å². The zero-order chi connectivity index (χ0) is 12.2. The third-order valence-corrected chi connectivity index (χ3v) is 2.04. The maximum Gasteiger partial charge on any atom is 0.306 e. The van der Waals surface area contributed by atoms with Crippen molar-refractivity contribution in [2.45, 2.75) is 0 Å². The highest BCUT2D eigenvalue weighted by molar-refractivity contribution is 7.86. The van der Waals surface area contributed by atoms with Crippen molar-refractivity contribution in [1.29, 1.82) is 0 Å². The molecule has 0 aliphatic carbocycles. The van der Waals surface area contributed by atoms with E-state index in [4.69, 9.17) is 4.74 Å². The number of rotatable bonds is 5. The minimum Gasteiger partial charge on any atom is -0.493 e. The van der Waals surface area contributed by atoms with E-state index in [9.17, 15) is 13.2 Å². The van der Waals surface area contributed by atoms with Crippen LogP contribution in [0.1, 0.15) is 0 Å². The molecule has 0 fully saturated rings. The van der Waals surface area contributed by atoms with Crippen LogP contribution in [0.5, 0.6) is 17.2 Å². The topological polar surface area (TPSA) is 78.9 Å². The molecule has 0 heterocycles. The Morgan fingerprint density at radius 1 is 1.25 bits per heavy atom. The molecular weight excluding hydrogens is 236 g/mol. The monoisotopic (exact) mass is 246 g/mol. The molecule has 7 heteroatoms. The summed E-state index contributed by atoms with van der Waals surface area (Å²) in [4.78, 5) is 10.2. The van der Waals surface area contributed by atoms with Crippen LogP contribution in [0.2, 0.25) is 0 Å². The molecule has 0 aliphatic heterocycles. The van der Waals surface area contributed by atoms with Crippen molar-refractivity contribution in [3.63, 3.8) is 0 Å². The quantitative estimate of drug-likeness (QED) is 0.558. The van der Waals surface area contributed by atoms with Gasteiger partial charge in [0, 0.05) is 0 Å². The van der Waals surface area contributed by atoms with Crippen LogP contribution in [-0.4, -0.2) is 28.3 Å². The maximum atomic E-state index is 11.0. The van der Waals surface area contributed by atoms with Crippen LogP contribution in [0.25, 0.3) is 0 Å². The van der Waals surface area contributed by atoms with Gasteiger partial charge in [0.1, 0.15) is 0 Å². The molecule has 16 heavy (non-hydrogen) atoms. The molecule has 0 N–H and O–H groups in total. The summed E-state index contributed by atoms with van der Waals surface area (Å²) in [6, 6.07) is 4.41. The van der Waals surface area contributed by atoms with E-state index in [0.29, 0.717) is 0 Å². The van der Waals surface area contributed by atoms with Crippen LogP contribution in [0.3, 0.4) is 0 Å². The van der Waals surface area contributed by atoms with Crippen LogP contribution in [0.4, 0.5) is 0 Å². The lowest BCUT2D eigenvalue weighted by molar-refractivity contribution is -0.120. The maximum absolute atomic E-state index is 11.0. The highest BCUT2D eigenvalue weighted by Crippen LogP contribution is 2.37. The second kappa shape index (κ2) is 4.84. The minimum absolute atomic E-state index is 0.0280. The molecule has 0 amide bonds. The Morgan fingerprint density at radius 2 is 1.88 bits per heavy atom. The summed E-state index contributed by atoms with van der Waals surface area (Å²) < 4.78 is 36.1. The predicted octanol–water partition coefficient (Wildman–Crippen LogP) is 0.569. The van der Waals surface area contributed by atoms with Gasteiger partial charge in [-0.2, -0.15) is 8.42 Å². The van der Waals surface area contributed by atoms with E-state index in [1.54, 1.807) is 0 Å². The van der Waals surface area contributed by atoms with Crippen LogP contribution in [0, 0.1) is 0 Å². The van der Waals surface area contributed by atoms with Crippen molar-refractivity contribution in [1.82, 2.24) is 0 Å². The standard InChI is InChI=1S/C9H10O6S/c1-13-7-4-3-5-8(14-6-10)9(7)15-16(2,11)12/h3-6H,1-2H3. The zero-order valence-electron chi connectivity index (χ0n) is 8.67. The fraction of sp³-hybridized carbons (Fsp3) is 0.222. The molecule has 0 aromatic heterocycles. The van der Waals surface area contributed by atoms with Gasteiger partial charge in [0.05, 0.1) is 13.4 Å². The number of methoxy groups -OCH3 is 1. The SMILES string of the molecule is COc1cccc(OC=O)c1OS(C)(=O)=O. The van der Waals surface area contributed by atoms with Gasteiger partial charge in [0.25, 0.3) is 6.47 Å². The molecule has 0 unspecified atom stereocenters. The van der Waals surface area contributed by atoms with Gasteiger partial charge < -0.3 is 13.7 Å².